The number of nitrogens with one attached hydrogen (secondary N) is 1. The van der Waals surface area contributed by atoms with Gasteiger partial charge in [-0.15, -0.1) is 0 Å². The molecule has 98 valence electrons. The third-order valence-electron chi connectivity index (χ3n) is 3.35. The predicted molar refractivity (Wildman–Crippen MR) is 69.4 cm³/mol. The van der Waals surface area contributed by atoms with Crippen LogP contribution < -0.4 is 11.1 Å². The number of aromatic nitrogens is 1. The van der Waals surface area contributed by atoms with Gasteiger partial charge in [-0.3, -0.25) is 4.79 Å². The highest BCUT2D eigenvalue weighted by Crippen LogP contribution is 2.30. The maximum atomic E-state index is 12.1. The molecule has 0 bridgehead atoms. The molecule has 0 radical (unpaired) electrons. The van der Waals surface area contributed by atoms with Gasteiger partial charge in [0.2, 0.25) is 0 Å². The summed E-state index contributed by atoms with van der Waals surface area (Å²) in [6, 6.07) is 1.49. The second-order valence-corrected chi connectivity index (χ2v) is 5.06. The Morgan fingerprint density at radius 2 is 2.22 bits per heavy atom. The van der Waals surface area contributed by atoms with Crippen LogP contribution in [0, 0.1) is 0 Å². The quantitative estimate of drug-likeness (QED) is 0.723. The summed E-state index contributed by atoms with van der Waals surface area (Å²) in [7, 11) is 0. The fourth-order valence-corrected chi connectivity index (χ4v) is 2.50. The summed E-state index contributed by atoms with van der Waals surface area (Å²) >= 11 is 5.88. The Bertz CT molecular complexity index is 459. The lowest BCUT2D eigenvalue weighted by molar-refractivity contribution is 0.0838. The van der Waals surface area contributed by atoms with Crippen molar-refractivity contribution in [1.82, 2.24) is 10.3 Å². The number of nitrogens with zero attached hydrogens (tertiary/aromatic N) is 1. The standard InChI is InChI=1S/C12H16ClN3O2/c13-10-9(5-8(14)6-15-10)11(18)16-12(7-17)3-1-2-4-12/h5-6,17H,1-4,7,14H2,(H,16,18). The summed E-state index contributed by atoms with van der Waals surface area (Å²) in [5.74, 6) is -0.337. The molecule has 1 saturated carbocycles. The topological polar surface area (TPSA) is 88.2 Å². The number of aliphatic hydroxyl groups excluding tert-OH is 1. The highest BCUT2D eigenvalue weighted by Gasteiger charge is 2.35. The summed E-state index contributed by atoms with van der Waals surface area (Å²) in [4.78, 5) is 16.0. The highest BCUT2D eigenvalue weighted by atomic mass is 35.5. The van der Waals surface area contributed by atoms with Gasteiger partial charge in [0.05, 0.1) is 29.6 Å². The fourth-order valence-electron chi connectivity index (χ4n) is 2.31. The average molecular weight is 270 g/mol. The third kappa shape index (κ3) is 2.57. The lowest BCUT2D eigenvalue weighted by Crippen LogP contribution is -2.49. The number of hydrogen-bond donors (Lipinski definition) is 3. The maximum absolute atomic E-state index is 12.1. The zero-order valence-corrected chi connectivity index (χ0v) is 10.7. The summed E-state index contributed by atoms with van der Waals surface area (Å²) in [6.45, 7) is -0.0634. The molecule has 0 unspecified atom stereocenters. The molecule has 0 aliphatic heterocycles. The molecular weight excluding hydrogens is 254 g/mol. The molecule has 0 spiro atoms. The van der Waals surface area contributed by atoms with Crippen LogP contribution in [0.4, 0.5) is 5.69 Å². The van der Waals surface area contributed by atoms with Crippen molar-refractivity contribution in [2.45, 2.75) is 31.2 Å². The third-order valence-corrected chi connectivity index (χ3v) is 3.65. The second-order valence-electron chi connectivity index (χ2n) is 4.71. The number of rotatable bonds is 3. The number of nitrogens with two attached hydrogens (primary N) is 1. The SMILES string of the molecule is Nc1cnc(Cl)c(C(=O)NC2(CO)CCCC2)c1. The molecule has 4 N–H and O–H groups in total. The van der Waals surface area contributed by atoms with E-state index in [-0.39, 0.29) is 23.2 Å². The number of carbonyl (C=O) groups excluding carboxylic acids is 1. The molecular formula is C12H16ClN3O2. The summed E-state index contributed by atoms with van der Waals surface area (Å²) < 4.78 is 0. The molecule has 6 heteroatoms. The van der Waals surface area contributed by atoms with Crippen molar-refractivity contribution in [2.75, 3.05) is 12.3 Å². The van der Waals surface area contributed by atoms with Crippen LogP contribution in [0.15, 0.2) is 12.3 Å². The Kier molecular flexibility index (Phi) is 3.73. The van der Waals surface area contributed by atoms with E-state index in [1.807, 2.05) is 0 Å². The van der Waals surface area contributed by atoms with Crippen molar-refractivity contribution in [3.05, 3.63) is 23.0 Å². The number of hydrogen-bond acceptors (Lipinski definition) is 4. The first-order chi connectivity index (χ1) is 8.56. The van der Waals surface area contributed by atoms with E-state index in [2.05, 4.69) is 10.3 Å². The molecule has 1 heterocycles. The van der Waals surface area contributed by atoms with Crippen LogP contribution in [0.25, 0.3) is 0 Å². The number of pyridine rings is 1. The van der Waals surface area contributed by atoms with Crippen LogP contribution >= 0.6 is 11.6 Å². The maximum Gasteiger partial charge on any atom is 0.254 e. The van der Waals surface area contributed by atoms with Gasteiger partial charge in [-0.25, -0.2) is 4.98 Å². The number of carbonyl (C=O) groups is 1. The largest absolute Gasteiger partial charge is 0.397 e. The average Bonchev–Trinajstić information content (AvgIpc) is 2.81. The summed E-state index contributed by atoms with van der Waals surface area (Å²) in [5, 5.41) is 12.4. The number of anilines is 1. The summed E-state index contributed by atoms with van der Waals surface area (Å²) in [5.41, 5.74) is 5.70. The molecule has 1 amide bonds. The molecule has 0 atom stereocenters. The lowest BCUT2D eigenvalue weighted by atomic mass is 9.98. The first kappa shape index (κ1) is 13.1. The van der Waals surface area contributed by atoms with Gasteiger partial charge < -0.3 is 16.2 Å². The van der Waals surface area contributed by atoms with Crippen LogP contribution in [0.5, 0.6) is 0 Å². The van der Waals surface area contributed by atoms with Gasteiger partial charge in [0.25, 0.3) is 5.91 Å². The van der Waals surface area contributed by atoms with Crippen LogP contribution in [0.3, 0.4) is 0 Å². The zero-order valence-electron chi connectivity index (χ0n) is 9.95. The van der Waals surface area contributed by atoms with E-state index in [1.54, 1.807) is 0 Å². The Hall–Kier alpha value is -1.33. The van der Waals surface area contributed by atoms with Gasteiger partial charge in [0.1, 0.15) is 5.15 Å². The minimum atomic E-state index is -0.523. The molecule has 1 aliphatic carbocycles. The van der Waals surface area contributed by atoms with Crippen LogP contribution in [0.1, 0.15) is 36.0 Å². The summed E-state index contributed by atoms with van der Waals surface area (Å²) in [6.07, 6.45) is 4.97. The minimum absolute atomic E-state index is 0.0634. The monoisotopic (exact) mass is 269 g/mol. The fraction of sp³-hybridized carbons (Fsp3) is 0.500. The molecule has 1 aromatic heterocycles. The van der Waals surface area contributed by atoms with Gasteiger partial charge in [-0.2, -0.15) is 0 Å². The van der Waals surface area contributed by atoms with E-state index in [0.717, 1.165) is 25.7 Å². The minimum Gasteiger partial charge on any atom is -0.397 e. The molecule has 5 nitrogen and oxygen atoms in total. The molecule has 1 fully saturated rings. The van der Waals surface area contributed by atoms with E-state index in [0.29, 0.717) is 5.69 Å². The van der Waals surface area contributed by atoms with Crippen molar-refractivity contribution in [3.8, 4) is 0 Å². The molecule has 1 aliphatic rings. The predicted octanol–water partition coefficient (Wildman–Crippen LogP) is 1.35. The number of halogens is 1. The van der Waals surface area contributed by atoms with Crippen LogP contribution in [-0.2, 0) is 0 Å². The van der Waals surface area contributed by atoms with Crippen molar-refractivity contribution >= 4 is 23.2 Å². The molecule has 2 rings (SSSR count). The first-order valence-electron chi connectivity index (χ1n) is 5.91. The smallest absolute Gasteiger partial charge is 0.254 e. The lowest BCUT2D eigenvalue weighted by Gasteiger charge is -2.28. The van der Waals surface area contributed by atoms with Gasteiger partial charge in [-0.05, 0) is 18.9 Å². The Morgan fingerprint density at radius 1 is 1.56 bits per heavy atom. The van der Waals surface area contributed by atoms with Crippen molar-refractivity contribution in [3.63, 3.8) is 0 Å². The van der Waals surface area contributed by atoms with Gasteiger partial charge in [0, 0.05) is 0 Å². The molecule has 1 aromatic rings. The van der Waals surface area contributed by atoms with Gasteiger partial charge in [0.15, 0.2) is 0 Å². The molecule has 18 heavy (non-hydrogen) atoms. The number of nitrogen functional groups attached to an aromatic ring is 1. The highest BCUT2D eigenvalue weighted by molar-refractivity contribution is 6.32. The molecule has 0 saturated heterocycles. The van der Waals surface area contributed by atoms with E-state index in [9.17, 15) is 9.90 Å². The Morgan fingerprint density at radius 3 is 2.83 bits per heavy atom. The Labute approximate surface area is 110 Å². The van der Waals surface area contributed by atoms with Crippen molar-refractivity contribution in [1.29, 1.82) is 0 Å². The van der Waals surface area contributed by atoms with Crippen molar-refractivity contribution in [2.24, 2.45) is 0 Å². The van der Waals surface area contributed by atoms with Gasteiger partial charge >= 0.3 is 0 Å². The molecule has 0 aromatic carbocycles. The zero-order chi connectivity index (χ0) is 13.2. The van der Waals surface area contributed by atoms with Crippen LogP contribution in [0.2, 0.25) is 5.15 Å². The van der Waals surface area contributed by atoms with Crippen molar-refractivity contribution < 1.29 is 9.90 Å². The van der Waals surface area contributed by atoms with Gasteiger partial charge in [-0.1, -0.05) is 24.4 Å². The normalized spacial score (nSPS) is 17.7. The first-order valence-corrected chi connectivity index (χ1v) is 6.28. The number of aliphatic hydroxyl groups is 1. The van der Waals surface area contributed by atoms with E-state index < -0.39 is 5.54 Å². The van der Waals surface area contributed by atoms with E-state index in [1.165, 1.54) is 12.3 Å². The van der Waals surface area contributed by atoms with E-state index in [4.69, 9.17) is 17.3 Å². The Balaban J connectivity index is 2.18. The van der Waals surface area contributed by atoms with E-state index >= 15 is 0 Å². The number of amides is 1. The second kappa shape index (κ2) is 5.12. The van der Waals surface area contributed by atoms with Crippen LogP contribution in [-0.4, -0.2) is 28.1 Å².